The number of nitrogens with one attached hydrogen (secondary N) is 1. The largest absolute Gasteiger partial charge is 0.495 e. The number of aromatic nitrogens is 2. The van der Waals surface area contributed by atoms with Gasteiger partial charge in [0.2, 0.25) is 0 Å². The molecule has 0 aliphatic heterocycles. The summed E-state index contributed by atoms with van der Waals surface area (Å²) in [4.78, 5) is 8.92. The van der Waals surface area contributed by atoms with Crippen molar-refractivity contribution in [2.45, 2.75) is 0 Å². The fourth-order valence-corrected chi connectivity index (χ4v) is 2.99. The first kappa shape index (κ1) is 10.8. The van der Waals surface area contributed by atoms with Crippen LogP contribution in [0.2, 0.25) is 0 Å². The number of methoxy groups -OCH3 is 1. The minimum absolute atomic E-state index is 0.846. The summed E-state index contributed by atoms with van der Waals surface area (Å²) in [6.07, 6.45) is 0. The number of benzene rings is 1. The Labute approximate surface area is 111 Å². The third-order valence-electron chi connectivity index (χ3n) is 2.53. The van der Waals surface area contributed by atoms with Gasteiger partial charge in [-0.05, 0) is 39.5 Å². The average molecular weight is 309 g/mol. The third-order valence-corrected chi connectivity index (χ3v) is 4.07. The zero-order chi connectivity index (χ0) is 11.8. The Balaban J connectivity index is 2.22. The van der Waals surface area contributed by atoms with Gasteiger partial charge in [0.15, 0.2) is 5.82 Å². The van der Waals surface area contributed by atoms with Crippen molar-refractivity contribution in [1.82, 2.24) is 9.97 Å². The molecule has 0 saturated carbocycles. The molecule has 5 heteroatoms. The predicted octanol–water partition coefficient (Wildman–Crippen LogP) is 4.06. The van der Waals surface area contributed by atoms with Crippen molar-refractivity contribution in [2.24, 2.45) is 0 Å². The van der Waals surface area contributed by atoms with E-state index in [4.69, 9.17) is 4.74 Å². The first-order valence-corrected chi connectivity index (χ1v) is 6.73. The molecule has 3 rings (SSSR count). The normalized spacial score (nSPS) is 10.9. The van der Waals surface area contributed by atoms with Crippen LogP contribution in [0.4, 0.5) is 0 Å². The second-order valence-corrected chi connectivity index (χ2v) is 5.31. The fourth-order valence-electron chi connectivity index (χ4n) is 1.74. The second kappa shape index (κ2) is 4.16. The molecule has 0 radical (unpaired) electrons. The quantitative estimate of drug-likeness (QED) is 0.775. The topological polar surface area (TPSA) is 37.9 Å². The molecule has 0 aliphatic carbocycles. The minimum Gasteiger partial charge on any atom is -0.495 e. The van der Waals surface area contributed by atoms with E-state index in [1.54, 1.807) is 18.4 Å². The maximum Gasteiger partial charge on any atom is 0.152 e. The lowest BCUT2D eigenvalue weighted by Gasteiger charge is -1.97. The number of aromatic amines is 1. The van der Waals surface area contributed by atoms with Crippen molar-refractivity contribution in [3.05, 3.63) is 34.1 Å². The molecule has 86 valence electrons. The number of fused-ring (bicyclic) bond motifs is 1. The summed E-state index contributed by atoms with van der Waals surface area (Å²) in [7, 11) is 1.67. The Kier molecular flexibility index (Phi) is 2.64. The molecule has 0 saturated heterocycles. The first-order valence-electron chi connectivity index (χ1n) is 5.05. The number of hydrogen-bond acceptors (Lipinski definition) is 3. The van der Waals surface area contributed by atoms with Crippen LogP contribution in [0.25, 0.3) is 21.7 Å². The molecule has 1 aromatic carbocycles. The summed E-state index contributed by atoms with van der Waals surface area (Å²) >= 11 is 5.11. The van der Waals surface area contributed by atoms with E-state index >= 15 is 0 Å². The highest BCUT2D eigenvalue weighted by Crippen LogP contribution is 2.35. The number of rotatable bonds is 2. The summed E-state index contributed by atoms with van der Waals surface area (Å²) in [6.45, 7) is 0. The molecule has 3 aromatic rings. The Morgan fingerprint density at radius 2 is 2.24 bits per heavy atom. The molecule has 3 nitrogen and oxygen atoms in total. The summed E-state index contributed by atoms with van der Waals surface area (Å²) in [5, 5.41) is 2.00. The summed E-state index contributed by atoms with van der Waals surface area (Å²) in [5.41, 5.74) is 1.96. The number of H-pyrrole nitrogens is 1. The SMILES string of the molecule is COc1ccsc1-c1nc2c(Br)cccc2[nH]1. The van der Waals surface area contributed by atoms with E-state index in [9.17, 15) is 0 Å². The highest BCUT2D eigenvalue weighted by molar-refractivity contribution is 9.10. The Bertz CT molecular complexity index is 674. The highest BCUT2D eigenvalue weighted by atomic mass is 79.9. The first-order chi connectivity index (χ1) is 8.29. The Hall–Kier alpha value is -1.33. The molecule has 0 spiro atoms. The third kappa shape index (κ3) is 1.75. The molecule has 0 atom stereocenters. The van der Waals surface area contributed by atoms with Crippen LogP contribution in [0, 0.1) is 0 Å². The summed E-state index contributed by atoms with van der Waals surface area (Å²) in [5.74, 6) is 1.70. The van der Waals surface area contributed by atoms with Crippen molar-refractivity contribution in [2.75, 3.05) is 7.11 Å². The minimum atomic E-state index is 0.846. The number of halogens is 1. The average Bonchev–Trinajstić information content (AvgIpc) is 2.94. The van der Waals surface area contributed by atoms with Crippen LogP contribution in [-0.2, 0) is 0 Å². The van der Waals surface area contributed by atoms with Crippen molar-refractivity contribution < 1.29 is 4.74 Å². The van der Waals surface area contributed by atoms with Gasteiger partial charge in [-0.3, -0.25) is 0 Å². The molecule has 0 amide bonds. The van der Waals surface area contributed by atoms with Gasteiger partial charge in [0.05, 0.1) is 12.6 Å². The Morgan fingerprint density at radius 1 is 1.35 bits per heavy atom. The maximum absolute atomic E-state index is 5.30. The molecule has 0 unspecified atom stereocenters. The number of imidazole rings is 1. The molecular weight excluding hydrogens is 300 g/mol. The zero-order valence-corrected chi connectivity index (χ0v) is 11.4. The standard InChI is InChI=1S/C12H9BrN2OS/c1-16-9-5-6-17-11(9)12-14-8-4-2-3-7(13)10(8)15-12/h2-6H,1H3,(H,14,15). The molecule has 0 aliphatic rings. The van der Waals surface area contributed by atoms with Crippen LogP contribution in [0.1, 0.15) is 0 Å². The Morgan fingerprint density at radius 3 is 3.00 bits per heavy atom. The van der Waals surface area contributed by atoms with E-state index in [1.807, 2.05) is 29.6 Å². The summed E-state index contributed by atoms with van der Waals surface area (Å²) in [6, 6.07) is 7.93. The maximum atomic E-state index is 5.30. The molecule has 0 bridgehead atoms. The smallest absolute Gasteiger partial charge is 0.152 e. The molecule has 1 N–H and O–H groups in total. The van der Waals surface area contributed by atoms with Crippen molar-refractivity contribution in [3.8, 4) is 16.5 Å². The van der Waals surface area contributed by atoms with Crippen molar-refractivity contribution in [3.63, 3.8) is 0 Å². The molecule has 2 aromatic heterocycles. The van der Waals surface area contributed by atoms with Crippen LogP contribution in [0.3, 0.4) is 0 Å². The molecular formula is C12H9BrN2OS. The van der Waals surface area contributed by atoms with E-state index < -0.39 is 0 Å². The van der Waals surface area contributed by atoms with Crippen molar-refractivity contribution in [1.29, 1.82) is 0 Å². The summed E-state index contributed by atoms with van der Waals surface area (Å²) < 4.78 is 6.30. The highest BCUT2D eigenvalue weighted by Gasteiger charge is 2.12. The van der Waals surface area contributed by atoms with E-state index in [0.29, 0.717) is 0 Å². The predicted molar refractivity (Wildman–Crippen MR) is 73.7 cm³/mol. The van der Waals surface area contributed by atoms with Gasteiger partial charge in [-0.1, -0.05) is 6.07 Å². The van der Waals surface area contributed by atoms with Gasteiger partial charge in [-0.2, -0.15) is 0 Å². The van der Waals surface area contributed by atoms with Gasteiger partial charge in [-0.15, -0.1) is 11.3 Å². The van der Waals surface area contributed by atoms with Gasteiger partial charge in [0, 0.05) is 4.47 Å². The van der Waals surface area contributed by atoms with Gasteiger partial charge in [0.1, 0.15) is 16.1 Å². The van der Waals surface area contributed by atoms with Crippen LogP contribution in [0.15, 0.2) is 34.1 Å². The monoisotopic (exact) mass is 308 g/mol. The van der Waals surface area contributed by atoms with E-state index in [-0.39, 0.29) is 0 Å². The fraction of sp³-hybridized carbons (Fsp3) is 0.0833. The number of ether oxygens (including phenoxy) is 1. The molecule has 2 heterocycles. The second-order valence-electron chi connectivity index (χ2n) is 3.54. The van der Waals surface area contributed by atoms with Gasteiger partial charge < -0.3 is 9.72 Å². The van der Waals surface area contributed by atoms with E-state index in [1.165, 1.54) is 0 Å². The number of thiophene rings is 1. The van der Waals surface area contributed by atoms with E-state index in [2.05, 4.69) is 25.9 Å². The molecule has 0 fully saturated rings. The van der Waals surface area contributed by atoms with Gasteiger partial charge in [-0.25, -0.2) is 4.98 Å². The number of hydrogen-bond donors (Lipinski definition) is 1. The lowest BCUT2D eigenvalue weighted by Crippen LogP contribution is -1.83. The number of nitrogens with zero attached hydrogens (tertiary/aromatic N) is 1. The zero-order valence-electron chi connectivity index (χ0n) is 9.03. The van der Waals surface area contributed by atoms with Crippen LogP contribution in [-0.4, -0.2) is 17.1 Å². The lowest BCUT2D eigenvalue weighted by molar-refractivity contribution is 0.418. The van der Waals surface area contributed by atoms with Crippen LogP contribution < -0.4 is 4.74 Å². The van der Waals surface area contributed by atoms with E-state index in [0.717, 1.165) is 32.0 Å². The van der Waals surface area contributed by atoms with Crippen LogP contribution >= 0.6 is 27.3 Å². The number of para-hydroxylation sites is 1. The van der Waals surface area contributed by atoms with Crippen molar-refractivity contribution >= 4 is 38.3 Å². The van der Waals surface area contributed by atoms with Gasteiger partial charge in [0.25, 0.3) is 0 Å². The molecule has 17 heavy (non-hydrogen) atoms. The lowest BCUT2D eigenvalue weighted by atomic mass is 10.3. The van der Waals surface area contributed by atoms with Crippen LogP contribution in [0.5, 0.6) is 5.75 Å². The van der Waals surface area contributed by atoms with Gasteiger partial charge >= 0.3 is 0 Å².